The third kappa shape index (κ3) is 5.42. The van der Waals surface area contributed by atoms with Gasteiger partial charge in [0.2, 0.25) is 0 Å². The van der Waals surface area contributed by atoms with E-state index in [0.29, 0.717) is 17.4 Å². The Bertz CT molecular complexity index is 736. The Labute approximate surface area is 167 Å². The molecule has 2 aromatic carbocycles. The minimum Gasteiger partial charge on any atom is -0.505 e. The molecule has 0 radical (unpaired) electrons. The van der Waals surface area contributed by atoms with Gasteiger partial charge in [0.25, 0.3) is 0 Å². The van der Waals surface area contributed by atoms with Crippen LogP contribution < -0.4 is 4.90 Å². The molecule has 1 N–H and O–H groups in total. The zero-order valence-electron chi connectivity index (χ0n) is 13.6. The molecule has 0 saturated carbocycles. The highest BCUT2D eigenvalue weighted by Gasteiger charge is 2.08. The first kappa shape index (κ1) is 20.2. The Morgan fingerprint density at radius 2 is 1.64 bits per heavy atom. The molecule has 0 heterocycles. The maximum absolute atomic E-state index is 9.59. The van der Waals surface area contributed by atoms with Crippen molar-refractivity contribution in [3.05, 3.63) is 51.5 Å². The van der Waals surface area contributed by atoms with Crippen LogP contribution in [-0.4, -0.2) is 36.2 Å². The second-order valence-corrected chi connectivity index (χ2v) is 6.99. The summed E-state index contributed by atoms with van der Waals surface area (Å²) in [7, 11) is 0. The van der Waals surface area contributed by atoms with Crippen LogP contribution in [0.15, 0.2) is 35.3 Å². The summed E-state index contributed by atoms with van der Waals surface area (Å²) in [5.41, 5.74) is 3.70. The largest absolute Gasteiger partial charge is 0.505 e. The van der Waals surface area contributed by atoms with Crippen LogP contribution in [0.1, 0.15) is 11.1 Å². The molecule has 0 bridgehead atoms. The van der Waals surface area contributed by atoms with Crippen LogP contribution in [0.2, 0.25) is 10.0 Å². The van der Waals surface area contributed by atoms with Gasteiger partial charge >= 0.3 is 0 Å². The van der Waals surface area contributed by atoms with E-state index in [9.17, 15) is 5.11 Å². The van der Waals surface area contributed by atoms with Crippen LogP contribution in [-0.2, 0) is 0 Å². The van der Waals surface area contributed by atoms with Gasteiger partial charge in [-0.3, -0.25) is 4.99 Å². The topological polar surface area (TPSA) is 35.8 Å². The third-order valence-corrected chi connectivity index (χ3v) is 4.60. The summed E-state index contributed by atoms with van der Waals surface area (Å²) in [6, 6.07) is 9.21. The molecule has 134 valence electrons. The number of phenolic OH excluding ortho intramolecular Hbond substituents is 1. The van der Waals surface area contributed by atoms with Gasteiger partial charge in [-0.25, -0.2) is 0 Å². The predicted molar refractivity (Wildman–Crippen MR) is 110 cm³/mol. The molecule has 2 aromatic rings. The van der Waals surface area contributed by atoms with Gasteiger partial charge in [0.05, 0.1) is 15.7 Å². The molecule has 0 fully saturated rings. The number of nitrogens with zero attached hydrogens (tertiary/aromatic N) is 2. The predicted octanol–water partition coefficient (Wildman–Crippen LogP) is 6.04. The standard InChI is InChI=1S/C18H18Cl4N2O/c1-12-8-15(24(6-4-19)7-5-20)3-2-13(12)11-23-14-9-16(21)18(25)17(22)10-14/h2-3,8-11,25H,4-7H2,1H3. The van der Waals surface area contributed by atoms with Gasteiger partial charge in [-0.2, -0.15) is 0 Å². The monoisotopic (exact) mass is 418 g/mol. The van der Waals surface area contributed by atoms with Crippen LogP contribution >= 0.6 is 46.4 Å². The molecule has 2 rings (SSSR count). The van der Waals surface area contributed by atoms with E-state index in [1.807, 2.05) is 19.1 Å². The highest BCUT2D eigenvalue weighted by atomic mass is 35.5. The zero-order chi connectivity index (χ0) is 18.4. The number of hydrogen-bond acceptors (Lipinski definition) is 3. The quantitative estimate of drug-likeness (QED) is 0.438. The lowest BCUT2D eigenvalue weighted by atomic mass is 10.1. The fraction of sp³-hybridized carbons (Fsp3) is 0.278. The molecule has 0 unspecified atom stereocenters. The normalized spacial score (nSPS) is 11.2. The van der Waals surface area contributed by atoms with Gasteiger partial charge in [0.15, 0.2) is 5.75 Å². The van der Waals surface area contributed by atoms with Crippen LogP contribution in [0.3, 0.4) is 0 Å². The van der Waals surface area contributed by atoms with Crippen molar-refractivity contribution in [1.82, 2.24) is 0 Å². The number of hydrogen-bond donors (Lipinski definition) is 1. The van der Waals surface area contributed by atoms with Crippen molar-refractivity contribution in [2.75, 3.05) is 29.7 Å². The number of anilines is 1. The van der Waals surface area contributed by atoms with Crippen molar-refractivity contribution in [3.8, 4) is 5.75 Å². The molecule has 3 nitrogen and oxygen atoms in total. The lowest BCUT2D eigenvalue weighted by molar-refractivity contribution is 0.476. The lowest BCUT2D eigenvalue weighted by Gasteiger charge is -2.23. The number of aromatic hydroxyl groups is 1. The minimum absolute atomic E-state index is 0.138. The van der Waals surface area contributed by atoms with E-state index >= 15 is 0 Å². The summed E-state index contributed by atoms with van der Waals surface area (Å²) >= 11 is 23.5. The van der Waals surface area contributed by atoms with Crippen molar-refractivity contribution in [1.29, 1.82) is 0 Å². The molecule has 0 aliphatic heterocycles. The van der Waals surface area contributed by atoms with E-state index < -0.39 is 0 Å². The number of rotatable bonds is 7. The molecular formula is C18H18Cl4N2O. The van der Waals surface area contributed by atoms with Crippen molar-refractivity contribution in [3.63, 3.8) is 0 Å². The number of benzene rings is 2. The van der Waals surface area contributed by atoms with Gasteiger partial charge in [-0.05, 0) is 42.3 Å². The highest BCUT2D eigenvalue weighted by Crippen LogP contribution is 2.35. The Balaban J connectivity index is 2.23. The fourth-order valence-electron chi connectivity index (χ4n) is 2.35. The van der Waals surface area contributed by atoms with Gasteiger partial charge in [0, 0.05) is 36.8 Å². The third-order valence-electron chi connectivity index (χ3n) is 3.68. The Morgan fingerprint density at radius 3 is 2.16 bits per heavy atom. The second-order valence-electron chi connectivity index (χ2n) is 5.42. The summed E-state index contributed by atoms with van der Waals surface area (Å²) in [5, 5.41) is 9.93. The molecule has 0 atom stereocenters. The number of aryl methyl sites for hydroxylation is 1. The Hall–Kier alpha value is -1.13. The van der Waals surface area contributed by atoms with E-state index in [4.69, 9.17) is 46.4 Å². The average Bonchev–Trinajstić information content (AvgIpc) is 2.58. The molecule has 0 aromatic heterocycles. The van der Waals surface area contributed by atoms with Gasteiger partial charge in [-0.1, -0.05) is 29.3 Å². The first-order chi connectivity index (χ1) is 12.0. The van der Waals surface area contributed by atoms with Crippen molar-refractivity contribution in [2.24, 2.45) is 4.99 Å². The number of alkyl halides is 2. The molecule has 25 heavy (non-hydrogen) atoms. The number of aliphatic imine (C=N–C) groups is 1. The van der Waals surface area contributed by atoms with E-state index in [0.717, 1.165) is 29.9 Å². The highest BCUT2D eigenvalue weighted by molar-refractivity contribution is 6.37. The summed E-state index contributed by atoms with van der Waals surface area (Å²) in [5.74, 6) is 0.949. The smallest absolute Gasteiger partial charge is 0.152 e. The maximum atomic E-state index is 9.59. The van der Waals surface area contributed by atoms with Crippen LogP contribution in [0.25, 0.3) is 0 Å². The molecule has 0 aliphatic carbocycles. The summed E-state index contributed by atoms with van der Waals surface area (Å²) in [6.45, 7) is 3.50. The van der Waals surface area contributed by atoms with Crippen molar-refractivity contribution < 1.29 is 5.11 Å². The van der Waals surface area contributed by atoms with Crippen LogP contribution in [0, 0.1) is 6.92 Å². The van der Waals surface area contributed by atoms with Crippen molar-refractivity contribution in [2.45, 2.75) is 6.92 Å². The van der Waals surface area contributed by atoms with Gasteiger partial charge in [0.1, 0.15) is 0 Å². The van der Waals surface area contributed by atoms with E-state index in [1.165, 1.54) is 0 Å². The molecule has 7 heteroatoms. The summed E-state index contributed by atoms with van der Waals surface area (Å²) in [4.78, 5) is 6.53. The average molecular weight is 420 g/mol. The van der Waals surface area contributed by atoms with Crippen LogP contribution in [0.5, 0.6) is 5.75 Å². The molecule has 0 aliphatic rings. The summed E-state index contributed by atoms with van der Waals surface area (Å²) in [6.07, 6.45) is 1.74. The SMILES string of the molecule is Cc1cc(N(CCCl)CCCl)ccc1C=Nc1cc(Cl)c(O)c(Cl)c1. The van der Waals surface area contributed by atoms with E-state index in [-0.39, 0.29) is 15.8 Å². The first-order valence-corrected chi connectivity index (χ1v) is 9.48. The minimum atomic E-state index is -0.138. The first-order valence-electron chi connectivity index (χ1n) is 7.66. The number of phenols is 1. The van der Waals surface area contributed by atoms with E-state index in [1.54, 1.807) is 18.3 Å². The molecule has 0 spiro atoms. The lowest BCUT2D eigenvalue weighted by Crippen LogP contribution is -2.27. The fourth-order valence-corrected chi connectivity index (χ4v) is 3.23. The van der Waals surface area contributed by atoms with Crippen LogP contribution in [0.4, 0.5) is 11.4 Å². The van der Waals surface area contributed by atoms with E-state index in [2.05, 4.69) is 16.0 Å². The molecule has 0 saturated heterocycles. The van der Waals surface area contributed by atoms with Crippen molar-refractivity contribution >= 4 is 64.0 Å². The molecule has 0 amide bonds. The number of halogens is 4. The maximum Gasteiger partial charge on any atom is 0.152 e. The molecular weight excluding hydrogens is 402 g/mol. The van der Waals surface area contributed by atoms with Gasteiger partial charge < -0.3 is 10.0 Å². The Kier molecular flexibility index (Phi) is 7.70. The zero-order valence-corrected chi connectivity index (χ0v) is 16.7. The summed E-state index contributed by atoms with van der Waals surface area (Å²) < 4.78 is 0. The second kappa shape index (κ2) is 9.54. The Morgan fingerprint density at radius 1 is 1.04 bits per heavy atom. The van der Waals surface area contributed by atoms with Gasteiger partial charge in [-0.15, -0.1) is 23.2 Å².